The van der Waals surface area contributed by atoms with Crippen molar-refractivity contribution in [2.75, 3.05) is 23.5 Å². The van der Waals surface area contributed by atoms with Crippen LogP contribution in [0.1, 0.15) is 46.2 Å². The number of anilines is 1. The number of para-hydroxylation sites is 1. The molecule has 5 rings (SSSR count). The van der Waals surface area contributed by atoms with E-state index in [-0.39, 0.29) is 24.1 Å². The SMILES string of the molecule is CCOC(=O)Cc1cc(C)cc2c1Cc1c(ccc(C3CS(=O)C3)c1NN=Cc1ccccc1O)O2. The fourth-order valence-corrected chi connectivity index (χ4v) is 5.86. The molecule has 0 atom stereocenters. The summed E-state index contributed by atoms with van der Waals surface area (Å²) >= 11 is 0. The van der Waals surface area contributed by atoms with Crippen molar-refractivity contribution in [2.24, 2.45) is 5.10 Å². The number of phenols is 1. The van der Waals surface area contributed by atoms with Crippen molar-refractivity contribution in [3.8, 4) is 17.2 Å². The molecule has 0 amide bonds. The number of hydrazone groups is 1. The van der Waals surface area contributed by atoms with Crippen molar-refractivity contribution in [3.05, 3.63) is 81.9 Å². The van der Waals surface area contributed by atoms with Crippen LogP contribution >= 0.6 is 0 Å². The van der Waals surface area contributed by atoms with Crippen LogP contribution in [0.25, 0.3) is 0 Å². The van der Waals surface area contributed by atoms with Gasteiger partial charge in [-0.2, -0.15) is 5.10 Å². The van der Waals surface area contributed by atoms with E-state index in [1.807, 2.05) is 37.3 Å². The molecule has 1 saturated heterocycles. The van der Waals surface area contributed by atoms with Crippen LogP contribution in [-0.4, -0.2) is 39.6 Å². The molecule has 1 fully saturated rings. The maximum Gasteiger partial charge on any atom is 0.310 e. The van der Waals surface area contributed by atoms with Crippen molar-refractivity contribution in [1.29, 1.82) is 0 Å². The minimum Gasteiger partial charge on any atom is -0.507 e. The Morgan fingerprint density at radius 3 is 2.75 bits per heavy atom. The van der Waals surface area contributed by atoms with E-state index in [0.717, 1.165) is 45.0 Å². The van der Waals surface area contributed by atoms with Gasteiger partial charge in [0.2, 0.25) is 0 Å². The smallest absolute Gasteiger partial charge is 0.310 e. The summed E-state index contributed by atoms with van der Waals surface area (Å²) in [5.74, 6) is 2.72. The molecule has 0 saturated carbocycles. The minimum atomic E-state index is -0.804. The van der Waals surface area contributed by atoms with Crippen LogP contribution in [0.5, 0.6) is 17.2 Å². The van der Waals surface area contributed by atoms with Crippen LogP contribution in [0.4, 0.5) is 5.69 Å². The number of ether oxygens (including phenoxy) is 2. The average Bonchev–Trinajstić information content (AvgIpc) is 2.82. The summed E-state index contributed by atoms with van der Waals surface area (Å²) in [6.07, 6.45) is 2.30. The number of aryl methyl sites for hydroxylation is 1. The first-order chi connectivity index (χ1) is 17.4. The first kappa shape index (κ1) is 24.1. The Morgan fingerprint density at radius 2 is 2.00 bits per heavy atom. The minimum absolute atomic E-state index is 0.143. The molecule has 8 heteroatoms. The molecule has 7 nitrogen and oxygen atoms in total. The van der Waals surface area contributed by atoms with Crippen molar-refractivity contribution in [3.63, 3.8) is 0 Å². The van der Waals surface area contributed by atoms with Gasteiger partial charge in [-0.15, -0.1) is 0 Å². The van der Waals surface area contributed by atoms with Gasteiger partial charge >= 0.3 is 5.97 Å². The maximum atomic E-state index is 12.3. The van der Waals surface area contributed by atoms with Crippen molar-refractivity contribution >= 4 is 28.7 Å². The standard InChI is InChI=1S/C28H28N2O5S/c1-3-34-27(32)12-19-10-17(2)11-26-22(19)13-23-25(35-26)9-8-21(20-15-36(33)16-20)28(23)30-29-14-18-6-4-5-7-24(18)31/h4-11,14,20,30-31H,3,12-13,15-16H2,1-2H3. The molecule has 3 aromatic rings. The number of carbonyl (C=O) groups excluding carboxylic acids is 1. The maximum absolute atomic E-state index is 12.3. The number of fused-ring (bicyclic) bond motifs is 2. The number of aromatic hydroxyl groups is 1. The van der Waals surface area contributed by atoms with Crippen molar-refractivity contribution < 1.29 is 23.6 Å². The fraction of sp³-hybridized carbons (Fsp3) is 0.286. The second-order valence-electron chi connectivity index (χ2n) is 9.07. The molecule has 2 heterocycles. The van der Waals surface area contributed by atoms with Gasteiger partial charge in [0.15, 0.2) is 0 Å². The number of hydrogen-bond donors (Lipinski definition) is 2. The number of hydrogen-bond acceptors (Lipinski definition) is 7. The largest absolute Gasteiger partial charge is 0.507 e. The van der Waals surface area contributed by atoms with Crippen molar-refractivity contribution in [1.82, 2.24) is 0 Å². The average molecular weight is 505 g/mol. The van der Waals surface area contributed by atoms with Gasteiger partial charge in [-0.05, 0) is 54.8 Å². The first-order valence-electron chi connectivity index (χ1n) is 12.0. The first-order valence-corrected chi connectivity index (χ1v) is 13.5. The van der Waals surface area contributed by atoms with Crippen molar-refractivity contribution in [2.45, 2.75) is 32.6 Å². The molecule has 2 aliphatic rings. The third kappa shape index (κ3) is 4.86. The van der Waals surface area contributed by atoms with E-state index >= 15 is 0 Å². The van der Waals surface area contributed by atoms with E-state index in [1.165, 1.54) is 0 Å². The van der Waals surface area contributed by atoms with Gasteiger partial charge in [0.25, 0.3) is 0 Å². The second kappa shape index (κ2) is 10.1. The molecule has 2 aliphatic heterocycles. The number of benzene rings is 3. The Kier molecular flexibility index (Phi) is 6.78. The van der Waals surface area contributed by atoms with Gasteiger partial charge in [-0.3, -0.25) is 14.4 Å². The molecular weight excluding hydrogens is 476 g/mol. The molecule has 0 spiro atoms. The summed E-state index contributed by atoms with van der Waals surface area (Å²) in [7, 11) is -0.804. The molecule has 0 unspecified atom stereocenters. The van der Waals surface area contributed by atoms with Gasteiger partial charge in [-0.25, -0.2) is 0 Å². The van der Waals surface area contributed by atoms with Crippen LogP contribution in [0.3, 0.4) is 0 Å². The molecule has 2 N–H and O–H groups in total. The van der Waals surface area contributed by atoms with Crippen LogP contribution in [-0.2, 0) is 33.2 Å². The number of phenolic OH excluding ortho intramolecular Hbond substituents is 1. The highest BCUT2D eigenvalue weighted by molar-refractivity contribution is 7.86. The third-order valence-corrected chi connectivity index (χ3v) is 8.04. The monoisotopic (exact) mass is 504 g/mol. The zero-order valence-electron chi connectivity index (χ0n) is 20.2. The number of esters is 1. The lowest BCUT2D eigenvalue weighted by atomic mass is 9.89. The molecule has 0 aliphatic carbocycles. The summed E-state index contributed by atoms with van der Waals surface area (Å²) in [5, 5.41) is 14.5. The Morgan fingerprint density at radius 1 is 1.19 bits per heavy atom. The van der Waals surface area contributed by atoms with Gasteiger partial charge in [0.1, 0.15) is 17.2 Å². The summed E-state index contributed by atoms with van der Waals surface area (Å²) < 4.78 is 23.4. The molecular formula is C28H28N2O5S. The Hall–Kier alpha value is -3.65. The number of nitrogens with one attached hydrogen (secondary N) is 1. The number of rotatable bonds is 7. The second-order valence-corrected chi connectivity index (χ2v) is 10.6. The lowest BCUT2D eigenvalue weighted by Crippen LogP contribution is -2.29. The Bertz CT molecular complexity index is 1380. The molecule has 36 heavy (non-hydrogen) atoms. The van der Waals surface area contributed by atoms with E-state index in [4.69, 9.17) is 9.47 Å². The number of carbonyl (C=O) groups is 1. The van der Waals surface area contributed by atoms with E-state index in [9.17, 15) is 14.1 Å². The van der Waals surface area contributed by atoms with Crippen LogP contribution in [0, 0.1) is 6.92 Å². The highest BCUT2D eigenvalue weighted by atomic mass is 32.2. The van der Waals surface area contributed by atoms with Crippen LogP contribution in [0.2, 0.25) is 0 Å². The zero-order chi connectivity index (χ0) is 25.2. The van der Waals surface area contributed by atoms with Gasteiger partial charge in [-0.1, -0.05) is 24.3 Å². The van der Waals surface area contributed by atoms with Crippen LogP contribution < -0.4 is 10.2 Å². The van der Waals surface area contributed by atoms with Gasteiger partial charge in [0, 0.05) is 51.3 Å². The summed E-state index contributed by atoms with van der Waals surface area (Å²) in [5.41, 5.74) is 9.41. The predicted octanol–water partition coefficient (Wildman–Crippen LogP) is 4.79. The molecule has 186 valence electrons. The highest BCUT2D eigenvalue weighted by Crippen LogP contribution is 2.45. The van der Waals surface area contributed by atoms with Crippen LogP contribution in [0.15, 0.2) is 53.6 Å². The highest BCUT2D eigenvalue weighted by Gasteiger charge is 2.32. The zero-order valence-corrected chi connectivity index (χ0v) is 21.1. The molecule has 3 aromatic carbocycles. The van der Waals surface area contributed by atoms with E-state index < -0.39 is 10.8 Å². The molecule has 0 radical (unpaired) electrons. The predicted molar refractivity (Wildman–Crippen MR) is 141 cm³/mol. The molecule has 0 bridgehead atoms. The lowest BCUT2D eigenvalue weighted by molar-refractivity contribution is -0.142. The summed E-state index contributed by atoms with van der Waals surface area (Å²) in [6, 6.07) is 14.9. The summed E-state index contributed by atoms with van der Waals surface area (Å²) in [4.78, 5) is 12.3. The normalized spacial score (nSPS) is 18.1. The van der Waals surface area contributed by atoms with Gasteiger partial charge < -0.3 is 14.6 Å². The third-order valence-electron chi connectivity index (χ3n) is 6.49. The van der Waals surface area contributed by atoms with E-state index in [2.05, 4.69) is 10.5 Å². The quantitative estimate of drug-likeness (QED) is 0.213. The Balaban J connectivity index is 1.52. The molecule has 0 aromatic heterocycles. The number of nitrogens with zero attached hydrogens (tertiary/aromatic N) is 1. The topological polar surface area (TPSA) is 97.2 Å². The van der Waals surface area contributed by atoms with Gasteiger partial charge in [0.05, 0.1) is 24.9 Å². The lowest BCUT2D eigenvalue weighted by Gasteiger charge is -2.31. The van der Waals surface area contributed by atoms with E-state index in [0.29, 0.717) is 30.1 Å². The fourth-order valence-electron chi connectivity index (χ4n) is 4.70. The van der Waals surface area contributed by atoms with E-state index in [1.54, 1.807) is 31.3 Å². The summed E-state index contributed by atoms with van der Waals surface area (Å²) in [6.45, 7) is 4.11. The Labute approximate surface area is 212 Å².